The van der Waals surface area contributed by atoms with Crippen LogP contribution in [-0.2, 0) is 22.4 Å². The van der Waals surface area contributed by atoms with Crippen molar-refractivity contribution in [2.75, 3.05) is 19.6 Å². The number of likely N-dealkylation sites (tertiary alicyclic amines) is 2. The van der Waals surface area contributed by atoms with Crippen LogP contribution in [0.1, 0.15) is 30.5 Å². The second kappa shape index (κ2) is 8.72. The molecule has 2 aliphatic heterocycles. The molecule has 0 aliphatic carbocycles. The summed E-state index contributed by atoms with van der Waals surface area (Å²) >= 11 is 0. The monoisotopic (exact) mass is 395 g/mol. The van der Waals surface area contributed by atoms with E-state index in [0.29, 0.717) is 31.6 Å². The fourth-order valence-corrected chi connectivity index (χ4v) is 4.57. The molecule has 2 unspecified atom stereocenters. The van der Waals surface area contributed by atoms with Gasteiger partial charge in [0, 0.05) is 50.4 Å². The van der Waals surface area contributed by atoms with Crippen LogP contribution in [0, 0.1) is 11.7 Å². The van der Waals surface area contributed by atoms with Crippen molar-refractivity contribution in [2.24, 2.45) is 5.92 Å². The molecule has 5 nitrogen and oxygen atoms in total. The number of piperidine rings is 2. The molecular weight excluding hydrogens is 369 g/mol. The number of carbonyl (C=O) groups excluding carboxylic acids is 2. The van der Waals surface area contributed by atoms with Crippen LogP contribution in [0.2, 0.25) is 0 Å². The van der Waals surface area contributed by atoms with Crippen molar-refractivity contribution in [1.29, 1.82) is 0 Å². The predicted molar refractivity (Wildman–Crippen MR) is 107 cm³/mol. The summed E-state index contributed by atoms with van der Waals surface area (Å²) in [5.41, 5.74) is 1.43. The van der Waals surface area contributed by atoms with E-state index in [1.807, 2.05) is 28.0 Å². The molecule has 1 aromatic carbocycles. The maximum Gasteiger partial charge on any atom is 0.227 e. The lowest BCUT2D eigenvalue weighted by molar-refractivity contribution is -0.144. The summed E-state index contributed by atoms with van der Waals surface area (Å²) in [6.45, 7) is 1.92. The smallest absolute Gasteiger partial charge is 0.227 e. The van der Waals surface area contributed by atoms with E-state index >= 15 is 0 Å². The maximum atomic E-state index is 13.9. The summed E-state index contributed by atoms with van der Waals surface area (Å²) in [5.74, 6) is 0.119. The Balaban J connectivity index is 1.37. The lowest BCUT2D eigenvalue weighted by Gasteiger charge is -2.47. The number of rotatable bonds is 5. The van der Waals surface area contributed by atoms with Gasteiger partial charge in [-0.05, 0) is 42.5 Å². The Labute approximate surface area is 170 Å². The zero-order valence-corrected chi connectivity index (χ0v) is 16.5. The van der Waals surface area contributed by atoms with Gasteiger partial charge < -0.3 is 9.80 Å². The first-order valence-electron chi connectivity index (χ1n) is 10.3. The Morgan fingerprint density at radius 3 is 2.76 bits per heavy atom. The van der Waals surface area contributed by atoms with E-state index in [1.165, 1.54) is 6.07 Å². The molecule has 6 heteroatoms. The minimum Gasteiger partial charge on any atom is -0.342 e. The Hall–Kier alpha value is -2.76. The van der Waals surface area contributed by atoms with Crippen molar-refractivity contribution in [3.63, 3.8) is 0 Å². The highest BCUT2D eigenvalue weighted by Crippen LogP contribution is 2.31. The Kier molecular flexibility index (Phi) is 5.88. The zero-order chi connectivity index (χ0) is 20.2. The molecule has 3 heterocycles. The molecule has 0 spiro atoms. The van der Waals surface area contributed by atoms with E-state index in [4.69, 9.17) is 0 Å². The number of halogens is 1. The van der Waals surface area contributed by atoms with Gasteiger partial charge in [-0.1, -0.05) is 24.3 Å². The first kappa shape index (κ1) is 19.6. The molecule has 1 aromatic heterocycles. The number of benzene rings is 1. The minimum absolute atomic E-state index is 0.0366. The highest BCUT2D eigenvalue weighted by molar-refractivity contribution is 5.80. The number of fused-ring (bicyclic) bond motifs is 1. The topological polar surface area (TPSA) is 53.5 Å². The summed E-state index contributed by atoms with van der Waals surface area (Å²) in [7, 11) is 0. The van der Waals surface area contributed by atoms with E-state index in [-0.39, 0.29) is 36.0 Å². The molecule has 0 N–H and O–H groups in total. The number of pyridine rings is 1. The van der Waals surface area contributed by atoms with Gasteiger partial charge in [0.2, 0.25) is 11.8 Å². The average Bonchev–Trinajstić information content (AvgIpc) is 2.75. The summed E-state index contributed by atoms with van der Waals surface area (Å²) < 4.78 is 13.9. The van der Waals surface area contributed by atoms with Gasteiger partial charge in [0.25, 0.3) is 0 Å². The Morgan fingerprint density at radius 2 is 1.97 bits per heavy atom. The third-order valence-electron chi connectivity index (χ3n) is 6.13. The van der Waals surface area contributed by atoms with E-state index in [0.717, 1.165) is 25.0 Å². The molecule has 4 rings (SSSR count). The third-order valence-corrected chi connectivity index (χ3v) is 6.13. The Morgan fingerprint density at radius 1 is 1.14 bits per heavy atom. The molecule has 0 bridgehead atoms. The number of hydrogen-bond donors (Lipinski definition) is 0. The van der Waals surface area contributed by atoms with Crippen molar-refractivity contribution < 1.29 is 14.0 Å². The standard InChI is InChI=1S/C23H26FN3O2/c24-20-7-2-1-5-17(20)15-23(29)26-13-11-21-18(16-26)8-9-22(28)27(21)14-10-19-6-3-4-12-25-19/h1-7,12,18,21H,8-11,13-16H2. The molecule has 152 valence electrons. The number of hydrogen-bond acceptors (Lipinski definition) is 3. The van der Waals surface area contributed by atoms with Crippen molar-refractivity contribution >= 4 is 11.8 Å². The molecule has 2 saturated heterocycles. The van der Waals surface area contributed by atoms with Crippen LogP contribution >= 0.6 is 0 Å². The summed E-state index contributed by atoms with van der Waals surface area (Å²) in [5, 5.41) is 0. The summed E-state index contributed by atoms with van der Waals surface area (Å²) in [4.78, 5) is 33.5. The SMILES string of the molecule is O=C(Cc1ccccc1F)N1CCC2C(CCC(=O)N2CCc2ccccn2)C1. The molecule has 2 amide bonds. The molecule has 2 aromatic rings. The first-order valence-corrected chi connectivity index (χ1v) is 10.3. The van der Waals surface area contributed by atoms with Gasteiger partial charge in [-0.2, -0.15) is 0 Å². The molecule has 0 radical (unpaired) electrons. The van der Waals surface area contributed by atoms with Crippen LogP contribution in [-0.4, -0.2) is 52.3 Å². The highest BCUT2D eigenvalue weighted by atomic mass is 19.1. The van der Waals surface area contributed by atoms with Gasteiger partial charge in [-0.25, -0.2) is 4.39 Å². The van der Waals surface area contributed by atoms with Crippen LogP contribution in [0.3, 0.4) is 0 Å². The maximum absolute atomic E-state index is 13.9. The van der Waals surface area contributed by atoms with Gasteiger partial charge in [0.15, 0.2) is 0 Å². The van der Waals surface area contributed by atoms with Crippen LogP contribution in [0.15, 0.2) is 48.7 Å². The third kappa shape index (κ3) is 4.47. The largest absolute Gasteiger partial charge is 0.342 e. The normalized spacial score (nSPS) is 21.8. The van der Waals surface area contributed by atoms with Gasteiger partial charge in [0.05, 0.1) is 6.42 Å². The van der Waals surface area contributed by atoms with E-state index in [9.17, 15) is 14.0 Å². The van der Waals surface area contributed by atoms with E-state index < -0.39 is 0 Å². The average molecular weight is 395 g/mol. The van der Waals surface area contributed by atoms with Crippen molar-refractivity contribution in [3.05, 3.63) is 65.7 Å². The number of aromatic nitrogens is 1. The van der Waals surface area contributed by atoms with Gasteiger partial charge in [0.1, 0.15) is 5.82 Å². The van der Waals surface area contributed by atoms with Crippen LogP contribution < -0.4 is 0 Å². The van der Waals surface area contributed by atoms with Gasteiger partial charge in [-0.15, -0.1) is 0 Å². The minimum atomic E-state index is -0.334. The molecular formula is C23H26FN3O2. The number of carbonyl (C=O) groups is 2. The fraction of sp³-hybridized carbons (Fsp3) is 0.435. The lowest BCUT2D eigenvalue weighted by Crippen LogP contribution is -2.57. The molecule has 2 aliphatic rings. The number of nitrogens with zero attached hydrogens (tertiary/aromatic N) is 3. The predicted octanol–water partition coefficient (Wildman–Crippen LogP) is 2.85. The molecule has 0 saturated carbocycles. The van der Waals surface area contributed by atoms with Crippen LogP contribution in [0.25, 0.3) is 0 Å². The lowest BCUT2D eigenvalue weighted by atomic mass is 9.83. The van der Waals surface area contributed by atoms with Gasteiger partial charge in [-0.3, -0.25) is 14.6 Å². The Bertz CT molecular complexity index is 873. The van der Waals surface area contributed by atoms with Crippen molar-refractivity contribution in [1.82, 2.24) is 14.8 Å². The number of amides is 2. The second-order valence-electron chi connectivity index (χ2n) is 7.92. The highest BCUT2D eigenvalue weighted by Gasteiger charge is 2.40. The zero-order valence-electron chi connectivity index (χ0n) is 16.5. The fourth-order valence-electron chi connectivity index (χ4n) is 4.57. The summed E-state index contributed by atoms with van der Waals surface area (Å²) in [6.07, 6.45) is 4.72. The van der Waals surface area contributed by atoms with Crippen molar-refractivity contribution in [3.8, 4) is 0 Å². The van der Waals surface area contributed by atoms with Crippen molar-refractivity contribution in [2.45, 2.75) is 38.1 Å². The molecule has 29 heavy (non-hydrogen) atoms. The second-order valence-corrected chi connectivity index (χ2v) is 7.92. The molecule has 2 fully saturated rings. The van der Waals surface area contributed by atoms with Crippen LogP contribution in [0.5, 0.6) is 0 Å². The van der Waals surface area contributed by atoms with E-state index in [1.54, 1.807) is 24.4 Å². The van der Waals surface area contributed by atoms with Crippen LogP contribution in [0.4, 0.5) is 4.39 Å². The van der Waals surface area contributed by atoms with E-state index in [2.05, 4.69) is 4.98 Å². The quantitative estimate of drug-likeness (QED) is 0.782. The molecule has 2 atom stereocenters. The van der Waals surface area contributed by atoms with Gasteiger partial charge >= 0.3 is 0 Å². The first-order chi connectivity index (χ1) is 14.1. The summed E-state index contributed by atoms with van der Waals surface area (Å²) in [6, 6.07) is 12.5.